The van der Waals surface area contributed by atoms with Gasteiger partial charge in [0.05, 0.1) is 11.5 Å². The zero-order valence-electron chi connectivity index (χ0n) is 15.8. The first kappa shape index (κ1) is 20.1. The second kappa shape index (κ2) is 9.03. The van der Waals surface area contributed by atoms with Crippen LogP contribution >= 0.6 is 11.3 Å². The number of nitrogens with one attached hydrogen (secondary N) is 1. The van der Waals surface area contributed by atoms with Crippen LogP contribution in [-0.2, 0) is 10.0 Å². The molecule has 0 bridgehead atoms. The smallest absolute Gasteiger partial charge is 0.240 e. The van der Waals surface area contributed by atoms with Gasteiger partial charge in [0.15, 0.2) is 5.13 Å². The molecular weight excluding hydrogens is 382 g/mol. The summed E-state index contributed by atoms with van der Waals surface area (Å²) in [7, 11) is -3.52. The second-order valence-corrected chi connectivity index (χ2v) is 9.94. The molecule has 1 N–H and O–H groups in total. The van der Waals surface area contributed by atoms with Crippen molar-refractivity contribution in [2.75, 3.05) is 31.1 Å². The van der Waals surface area contributed by atoms with Gasteiger partial charge >= 0.3 is 0 Å². The molecule has 0 aliphatic carbocycles. The molecule has 0 saturated carbocycles. The van der Waals surface area contributed by atoms with Crippen molar-refractivity contribution >= 4 is 26.5 Å². The van der Waals surface area contributed by atoms with E-state index in [1.807, 2.05) is 5.38 Å². The average molecular weight is 410 g/mol. The molecule has 1 aromatic carbocycles. The summed E-state index contributed by atoms with van der Waals surface area (Å²) in [6, 6.07) is 6.62. The monoisotopic (exact) mass is 409 g/mol. The van der Waals surface area contributed by atoms with E-state index < -0.39 is 10.0 Å². The highest BCUT2D eigenvalue weighted by molar-refractivity contribution is 7.89. The summed E-state index contributed by atoms with van der Waals surface area (Å²) < 4.78 is 33.6. The minimum absolute atomic E-state index is 0.270. The Morgan fingerprint density at radius 2 is 2.11 bits per heavy atom. The van der Waals surface area contributed by atoms with Crippen molar-refractivity contribution in [3.05, 3.63) is 35.8 Å². The lowest BCUT2D eigenvalue weighted by Gasteiger charge is -2.32. The third-order valence-electron chi connectivity index (χ3n) is 4.49. The molecule has 1 aliphatic rings. The van der Waals surface area contributed by atoms with Crippen LogP contribution in [0.15, 0.2) is 40.7 Å². The largest absolute Gasteiger partial charge is 0.493 e. The van der Waals surface area contributed by atoms with Gasteiger partial charge in [-0.15, -0.1) is 11.3 Å². The van der Waals surface area contributed by atoms with Gasteiger partial charge in [-0.25, -0.2) is 18.1 Å². The lowest BCUT2D eigenvalue weighted by Crippen LogP contribution is -2.40. The van der Waals surface area contributed by atoms with Gasteiger partial charge in [0.25, 0.3) is 0 Å². The number of rotatable bonds is 8. The Morgan fingerprint density at radius 1 is 1.33 bits per heavy atom. The Bertz CT molecular complexity index is 805. The van der Waals surface area contributed by atoms with Gasteiger partial charge in [-0.05, 0) is 48.9 Å². The average Bonchev–Trinajstić information content (AvgIpc) is 3.20. The summed E-state index contributed by atoms with van der Waals surface area (Å²) in [6.07, 6.45) is 3.88. The SMILES string of the molecule is CC(C)COc1ccc(S(=O)(=O)NCC2CCCN(c3nccs3)C2)cc1. The third-order valence-corrected chi connectivity index (χ3v) is 6.76. The number of benzene rings is 1. The Hall–Kier alpha value is -1.64. The molecule has 1 saturated heterocycles. The lowest BCUT2D eigenvalue weighted by atomic mass is 9.99. The van der Waals surface area contributed by atoms with Gasteiger partial charge in [0.1, 0.15) is 5.75 Å². The Morgan fingerprint density at radius 3 is 2.78 bits per heavy atom. The minimum Gasteiger partial charge on any atom is -0.493 e. The molecule has 0 radical (unpaired) electrons. The van der Waals surface area contributed by atoms with Gasteiger partial charge in [-0.3, -0.25) is 0 Å². The van der Waals surface area contributed by atoms with Crippen LogP contribution < -0.4 is 14.4 Å². The molecule has 0 amide bonds. The fourth-order valence-corrected chi connectivity index (χ4v) is 4.86. The van der Waals surface area contributed by atoms with Crippen molar-refractivity contribution in [2.24, 2.45) is 11.8 Å². The maximum absolute atomic E-state index is 12.6. The molecule has 148 valence electrons. The second-order valence-electron chi connectivity index (χ2n) is 7.30. The van der Waals surface area contributed by atoms with Crippen molar-refractivity contribution in [2.45, 2.75) is 31.6 Å². The van der Waals surface area contributed by atoms with Gasteiger partial charge in [-0.1, -0.05) is 13.8 Å². The van der Waals surface area contributed by atoms with E-state index in [2.05, 4.69) is 28.5 Å². The van der Waals surface area contributed by atoms with E-state index in [0.717, 1.165) is 31.1 Å². The molecule has 1 unspecified atom stereocenters. The van der Waals surface area contributed by atoms with Crippen LogP contribution in [-0.4, -0.2) is 39.6 Å². The normalized spacial score (nSPS) is 18.0. The number of piperidine rings is 1. The van der Waals surface area contributed by atoms with Gasteiger partial charge in [0.2, 0.25) is 10.0 Å². The van der Waals surface area contributed by atoms with Gasteiger partial charge < -0.3 is 9.64 Å². The molecule has 8 heteroatoms. The Labute approximate surface area is 165 Å². The van der Waals surface area contributed by atoms with Crippen LogP contribution in [0.5, 0.6) is 5.75 Å². The number of thiazole rings is 1. The summed E-state index contributed by atoms with van der Waals surface area (Å²) in [5.74, 6) is 1.40. The van der Waals surface area contributed by atoms with E-state index in [1.165, 1.54) is 0 Å². The van der Waals surface area contributed by atoms with Crippen LogP contribution in [0.2, 0.25) is 0 Å². The molecule has 1 atom stereocenters. The summed E-state index contributed by atoms with van der Waals surface area (Å²) >= 11 is 1.62. The molecule has 1 fully saturated rings. The highest BCUT2D eigenvalue weighted by atomic mass is 32.2. The van der Waals surface area contributed by atoms with Crippen LogP contribution in [0.25, 0.3) is 0 Å². The van der Waals surface area contributed by atoms with E-state index in [4.69, 9.17) is 4.74 Å². The number of nitrogens with zero attached hydrogens (tertiary/aromatic N) is 2. The van der Waals surface area contributed by atoms with Crippen LogP contribution in [0.3, 0.4) is 0 Å². The molecule has 2 aromatic rings. The molecule has 1 aliphatic heterocycles. The van der Waals surface area contributed by atoms with E-state index in [0.29, 0.717) is 24.8 Å². The number of aromatic nitrogens is 1. The maximum atomic E-state index is 12.6. The van der Waals surface area contributed by atoms with Crippen LogP contribution in [0, 0.1) is 11.8 Å². The fraction of sp³-hybridized carbons (Fsp3) is 0.526. The van der Waals surface area contributed by atoms with Crippen molar-refractivity contribution in [1.82, 2.24) is 9.71 Å². The quantitative estimate of drug-likeness (QED) is 0.724. The van der Waals surface area contributed by atoms with Crippen molar-refractivity contribution in [1.29, 1.82) is 0 Å². The van der Waals surface area contributed by atoms with E-state index >= 15 is 0 Å². The standard InChI is InChI=1S/C19H27N3O3S2/c1-15(2)14-25-17-5-7-18(8-6-17)27(23,24)21-12-16-4-3-10-22(13-16)19-20-9-11-26-19/h5-9,11,15-16,21H,3-4,10,12-14H2,1-2H3. The lowest BCUT2D eigenvalue weighted by molar-refractivity contribution is 0.271. The molecule has 27 heavy (non-hydrogen) atoms. The number of ether oxygens (including phenoxy) is 1. The summed E-state index contributed by atoms with van der Waals surface area (Å²) in [5.41, 5.74) is 0. The summed E-state index contributed by atoms with van der Waals surface area (Å²) in [4.78, 5) is 6.87. The first-order valence-corrected chi connectivity index (χ1v) is 11.7. The first-order valence-electron chi connectivity index (χ1n) is 9.31. The van der Waals surface area contributed by atoms with Crippen LogP contribution in [0.4, 0.5) is 5.13 Å². The number of anilines is 1. The predicted molar refractivity (Wildman–Crippen MR) is 109 cm³/mol. The highest BCUT2D eigenvalue weighted by Crippen LogP contribution is 2.25. The first-order chi connectivity index (χ1) is 12.9. The zero-order valence-corrected chi connectivity index (χ0v) is 17.4. The third kappa shape index (κ3) is 5.67. The van der Waals surface area contributed by atoms with E-state index in [9.17, 15) is 8.42 Å². The van der Waals surface area contributed by atoms with E-state index in [1.54, 1.807) is 41.8 Å². The highest BCUT2D eigenvalue weighted by Gasteiger charge is 2.23. The topological polar surface area (TPSA) is 71.5 Å². The summed E-state index contributed by atoms with van der Waals surface area (Å²) in [5, 5.41) is 2.98. The Kier molecular flexibility index (Phi) is 6.73. The molecule has 1 aromatic heterocycles. The number of sulfonamides is 1. The molecule has 0 spiro atoms. The number of hydrogen-bond donors (Lipinski definition) is 1. The Balaban J connectivity index is 1.55. The van der Waals surface area contributed by atoms with Crippen molar-refractivity contribution < 1.29 is 13.2 Å². The molecular formula is C19H27N3O3S2. The summed E-state index contributed by atoms with van der Waals surface area (Å²) in [6.45, 7) is 7.01. The maximum Gasteiger partial charge on any atom is 0.240 e. The van der Waals surface area contributed by atoms with Gasteiger partial charge in [-0.2, -0.15) is 0 Å². The minimum atomic E-state index is -3.52. The molecule has 2 heterocycles. The number of hydrogen-bond acceptors (Lipinski definition) is 6. The van der Waals surface area contributed by atoms with Gasteiger partial charge in [0, 0.05) is 31.2 Å². The van der Waals surface area contributed by atoms with E-state index in [-0.39, 0.29) is 10.8 Å². The fourth-order valence-electron chi connectivity index (χ4n) is 3.07. The van der Waals surface area contributed by atoms with Crippen LogP contribution in [0.1, 0.15) is 26.7 Å². The molecule has 6 nitrogen and oxygen atoms in total. The predicted octanol–water partition coefficient (Wildman–Crippen LogP) is 3.37. The zero-order chi connectivity index (χ0) is 19.3. The molecule has 3 rings (SSSR count). The van der Waals surface area contributed by atoms with Crippen molar-refractivity contribution in [3.8, 4) is 5.75 Å². The van der Waals surface area contributed by atoms with Crippen molar-refractivity contribution in [3.63, 3.8) is 0 Å².